The standard InChI is InChI=1S/C11H15F3N2O2S/c1-15-5-6-19(17,18)16-8-9-3-2-4-10(7-9)11(12,13)14/h2-4,7,15-16H,5-6,8H2,1H3. The third-order valence-electron chi connectivity index (χ3n) is 2.37. The Morgan fingerprint density at radius 3 is 2.53 bits per heavy atom. The lowest BCUT2D eigenvalue weighted by Gasteiger charge is -2.10. The second-order valence-corrected chi connectivity index (χ2v) is 5.87. The van der Waals surface area contributed by atoms with Gasteiger partial charge in [0, 0.05) is 13.1 Å². The van der Waals surface area contributed by atoms with Crippen molar-refractivity contribution in [3.8, 4) is 0 Å². The highest BCUT2D eigenvalue weighted by Crippen LogP contribution is 2.29. The topological polar surface area (TPSA) is 58.2 Å². The summed E-state index contributed by atoms with van der Waals surface area (Å²) < 4.78 is 62.6. The van der Waals surface area contributed by atoms with Crippen LogP contribution in [0.15, 0.2) is 24.3 Å². The molecule has 0 atom stereocenters. The van der Waals surface area contributed by atoms with Crippen molar-refractivity contribution in [1.82, 2.24) is 10.0 Å². The van der Waals surface area contributed by atoms with Crippen LogP contribution in [0.25, 0.3) is 0 Å². The van der Waals surface area contributed by atoms with Crippen molar-refractivity contribution in [1.29, 1.82) is 0 Å². The highest BCUT2D eigenvalue weighted by atomic mass is 32.2. The molecule has 4 nitrogen and oxygen atoms in total. The summed E-state index contributed by atoms with van der Waals surface area (Å²) in [6.07, 6.45) is -4.43. The lowest BCUT2D eigenvalue weighted by Crippen LogP contribution is -2.30. The van der Waals surface area contributed by atoms with Crippen molar-refractivity contribution in [2.75, 3.05) is 19.3 Å². The SMILES string of the molecule is CNCCS(=O)(=O)NCc1cccc(C(F)(F)F)c1. The number of nitrogens with one attached hydrogen (secondary N) is 2. The van der Waals surface area contributed by atoms with Gasteiger partial charge < -0.3 is 5.32 Å². The van der Waals surface area contributed by atoms with Gasteiger partial charge in [0.25, 0.3) is 0 Å². The van der Waals surface area contributed by atoms with Crippen molar-refractivity contribution in [2.45, 2.75) is 12.7 Å². The van der Waals surface area contributed by atoms with E-state index in [1.165, 1.54) is 12.1 Å². The van der Waals surface area contributed by atoms with E-state index in [0.717, 1.165) is 12.1 Å². The minimum Gasteiger partial charge on any atom is -0.319 e. The van der Waals surface area contributed by atoms with Crippen molar-refractivity contribution < 1.29 is 21.6 Å². The highest BCUT2D eigenvalue weighted by Gasteiger charge is 2.30. The van der Waals surface area contributed by atoms with Crippen molar-refractivity contribution in [3.63, 3.8) is 0 Å². The van der Waals surface area contributed by atoms with Gasteiger partial charge in [-0.2, -0.15) is 13.2 Å². The van der Waals surface area contributed by atoms with Crippen molar-refractivity contribution in [2.24, 2.45) is 0 Å². The molecule has 0 radical (unpaired) electrons. The number of halogens is 3. The van der Waals surface area contributed by atoms with Crippen LogP contribution >= 0.6 is 0 Å². The van der Waals surface area contributed by atoms with Crippen LogP contribution < -0.4 is 10.0 Å². The molecule has 8 heteroatoms. The zero-order valence-electron chi connectivity index (χ0n) is 10.3. The van der Waals surface area contributed by atoms with E-state index in [2.05, 4.69) is 10.0 Å². The summed E-state index contributed by atoms with van der Waals surface area (Å²) in [5.74, 6) is -0.123. The van der Waals surface area contributed by atoms with Crippen LogP contribution in [-0.2, 0) is 22.7 Å². The summed E-state index contributed by atoms with van der Waals surface area (Å²) in [6.45, 7) is 0.119. The minimum absolute atomic E-state index is 0.123. The van der Waals surface area contributed by atoms with Gasteiger partial charge in [-0.1, -0.05) is 18.2 Å². The van der Waals surface area contributed by atoms with Crippen molar-refractivity contribution in [3.05, 3.63) is 35.4 Å². The Labute approximate surface area is 110 Å². The monoisotopic (exact) mass is 296 g/mol. The van der Waals surface area contributed by atoms with Gasteiger partial charge in [0.2, 0.25) is 10.0 Å². The second-order valence-electron chi connectivity index (χ2n) is 3.94. The summed E-state index contributed by atoms with van der Waals surface area (Å²) in [4.78, 5) is 0. The highest BCUT2D eigenvalue weighted by molar-refractivity contribution is 7.89. The van der Waals surface area contributed by atoms with Gasteiger partial charge >= 0.3 is 6.18 Å². The first kappa shape index (κ1) is 15.9. The lowest BCUT2D eigenvalue weighted by molar-refractivity contribution is -0.137. The molecule has 1 aromatic carbocycles. The third-order valence-corrected chi connectivity index (χ3v) is 3.70. The summed E-state index contributed by atoms with van der Waals surface area (Å²) in [5.41, 5.74) is -0.526. The molecular formula is C11H15F3N2O2S. The molecule has 0 amide bonds. The average molecular weight is 296 g/mol. The van der Waals surface area contributed by atoms with Crippen LogP contribution in [-0.4, -0.2) is 27.8 Å². The normalized spacial score (nSPS) is 12.6. The van der Waals surface area contributed by atoms with Crippen LogP contribution in [0.5, 0.6) is 0 Å². The molecule has 0 aliphatic rings. The molecule has 1 aromatic rings. The summed E-state index contributed by atoms with van der Waals surface area (Å²) >= 11 is 0. The van der Waals surface area contributed by atoms with Gasteiger partial charge in [-0.25, -0.2) is 13.1 Å². The summed E-state index contributed by atoms with van der Waals surface area (Å²) in [7, 11) is -1.87. The maximum Gasteiger partial charge on any atom is 0.416 e. The quantitative estimate of drug-likeness (QED) is 0.833. The molecule has 0 aromatic heterocycles. The predicted molar refractivity (Wildman–Crippen MR) is 66.0 cm³/mol. The Morgan fingerprint density at radius 2 is 1.95 bits per heavy atom. The zero-order chi connectivity index (χ0) is 14.5. The minimum atomic E-state index is -4.43. The molecule has 2 N–H and O–H groups in total. The largest absolute Gasteiger partial charge is 0.416 e. The number of alkyl halides is 3. The molecule has 0 saturated carbocycles. The summed E-state index contributed by atoms with van der Waals surface area (Å²) in [5, 5.41) is 2.68. The number of rotatable bonds is 6. The first-order valence-corrected chi connectivity index (χ1v) is 7.18. The van der Waals surface area contributed by atoms with Gasteiger partial charge in [0.1, 0.15) is 0 Å². The number of hydrogen-bond acceptors (Lipinski definition) is 3. The smallest absolute Gasteiger partial charge is 0.319 e. The molecule has 0 aliphatic heterocycles. The van der Waals surface area contributed by atoms with E-state index in [0.29, 0.717) is 0 Å². The number of hydrogen-bond donors (Lipinski definition) is 2. The Kier molecular flexibility index (Phi) is 5.33. The molecule has 19 heavy (non-hydrogen) atoms. The second kappa shape index (κ2) is 6.36. The van der Waals surface area contributed by atoms with Crippen LogP contribution in [0.1, 0.15) is 11.1 Å². The Hall–Kier alpha value is -1.12. The molecule has 0 saturated heterocycles. The maximum absolute atomic E-state index is 12.5. The molecule has 0 spiro atoms. The molecular weight excluding hydrogens is 281 g/mol. The lowest BCUT2D eigenvalue weighted by atomic mass is 10.1. The van der Waals surface area contributed by atoms with E-state index >= 15 is 0 Å². The van der Waals surface area contributed by atoms with Crippen LogP contribution in [0.4, 0.5) is 13.2 Å². The molecule has 0 bridgehead atoms. The Balaban J connectivity index is 2.69. The van der Waals surface area contributed by atoms with E-state index in [-0.39, 0.29) is 24.4 Å². The zero-order valence-corrected chi connectivity index (χ0v) is 11.1. The fraction of sp³-hybridized carbons (Fsp3) is 0.455. The van der Waals surface area contributed by atoms with E-state index in [1.807, 2.05) is 0 Å². The van der Waals surface area contributed by atoms with Gasteiger partial charge in [0.05, 0.1) is 11.3 Å². The van der Waals surface area contributed by atoms with Crippen molar-refractivity contribution >= 4 is 10.0 Å². The van der Waals surface area contributed by atoms with E-state index in [4.69, 9.17) is 0 Å². The Bertz CT molecular complexity index is 515. The first-order valence-electron chi connectivity index (χ1n) is 5.53. The molecule has 0 fully saturated rings. The molecule has 0 unspecified atom stereocenters. The summed E-state index contributed by atoms with van der Waals surface area (Å²) in [6, 6.07) is 4.56. The van der Waals surface area contributed by atoms with E-state index in [1.54, 1.807) is 7.05 Å². The fourth-order valence-electron chi connectivity index (χ4n) is 1.36. The van der Waals surface area contributed by atoms with Gasteiger partial charge in [-0.3, -0.25) is 0 Å². The predicted octanol–water partition coefficient (Wildman–Crippen LogP) is 1.34. The average Bonchev–Trinajstić information content (AvgIpc) is 2.34. The molecule has 0 aliphatic carbocycles. The van der Waals surface area contributed by atoms with Gasteiger partial charge in [0.15, 0.2) is 0 Å². The molecule has 108 valence electrons. The van der Waals surface area contributed by atoms with Gasteiger partial charge in [-0.05, 0) is 18.7 Å². The van der Waals surface area contributed by atoms with E-state index in [9.17, 15) is 21.6 Å². The Morgan fingerprint density at radius 1 is 1.26 bits per heavy atom. The third kappa shape index (κ3) is 5.58. The molecule has 1 rings (SSSR count). The van der Waals surface area contributed by atoms with Crippen LogP contribution in [0.3, 0.4) is 0 Å². The fourth-order valence-corrected chi connectivity index (χ4v) is 2.36. The number of benzene rings is 1. The van der Waals surface area contributed by atoms with Gasteiger partial charge in [-0.15, -0.1) is 0 Å². The maximum atomic E-state index is 12.5. The molecule has 0 heterocycles. The van der Waals surface area contributed by atoms with Crippen LogP contribution in [0.2, 0.25) is 0 Å². The first-order chi connectivity index (χ1) is 8.74. The van der Waals surface area contributed by atoms with E-state index < -0.39 is 21.8 Å². The van der Waals surface area contributed by atoms with Crippen LogP contribution in [0, 0.1) is 0 Å². The number of sulfonamides is 1.